The molecule has 0 saturated carbocycles. The highest BCUT2D eigenvalue weighted by Crippen LogP contribution is 2.36. The lowest BCUT2D eigenvalue weighted by atomic mass is 10.0. The molecule has 1 aromatic rings. The first kappa shape index (κ1) is 16.9. The van der Waals surface area contributed by atoms with Gasteiger partial charge in [0.2, 0.25) is 5.91 Å². The van der Waals surface area contributed by atoms with Crippen LogP contribution in [0.4, 0.5) is 11.4 Å². The Morgan fingerprint density at radius 2 is 2.18 bits per heavy atom. The zero-order chi connectivity index (χ0) is 14.8. The molecule has 1 aromatic carbocycles. The summed E-state index contributed by atoms with van der Waals surface area (Å²) in [6, 6.07) is 3.03. The van der Waals surface area contributed by atoms with Crippen molar-refractivity contribution in [2.45, 2.75) is 25.3 Å². The number of anilines is 2. The van der Waals surface area contributed by atoms with Crippen molar-refractivity contribution in [3.05, 3.63) is 17.2 Å². The van der Waals surface area contributed by atoms with Gasteiger partial charge >= 0.3 is 0 Å². The van der Waals surface area contributed by atoms with Crippen LogP contribution in [0.1, 0.15) is 19.3 Å². The molecule has 0 spiro atoms. The Morgan fingerprint density at radius 3 is 2.91 bits per heavy atom. The van der Waals surface area contributed by atoms with E-state index in [1.165, 1.54) is 0 Å². The average molecular weight is 346 g/mol. The van der Waals surface area contributed by atoms with Gasteiger partial charge in [0, 0.05) is 6.07 Å². The van der Waals surface area contributed by atoms with Crippen LogP contribution in [-0.2, 0) is 9.59 Å². The van der Waals surface area contributed by atoms with Gasteiger partial charge in [0.05, 0.1) is 22.4 Å². The molecule has 6 nitrogen and oxygen atoms in total. The molecular weight excluding hydrogens is 329 g/mol. The largest absolute Gasteiger partial charge is 0.482 e. The van der Waals surface area contributed by atoms with E-state index in [1.54, 1.807) is 12.1 Å². The van der Waals surface area contributed by atoms with E-state index in [0.29, 0.717) is 22.1 Å². The Hall–Kier alpha value is -1.50. The van der Waals surface area contributed by atoms with Crippen molar-refractivity contribution in [1.82, 2.24) is 5.32 Å². The summed E-state index contributed by atoms with van der Waals surface area (Å²) in [5.41, 5.74) is 1.01. The Kier molecular flexibility index (Phi) is 5.50. The number of fused-ring (bicyclic) bond motifs is 1. The molecule has 1 saturated heterocycles. The number of ether oxygens (including phenoxy) is 1. The van der Waals surface area contributed by atoms with Crippen molar-refractivity contribution < 1.29 is 14.3 Å². The lowest BCUT2D eigenvalue weighted by molar-refractivity contribution is -0.119. The summed E-state index contributed by atoms with van der Waals surface area (Å²) in [4.78, 5) is 23.4. The van der Waals surface area contributed by atoms with Crippen LogP contribution in [0.5, 0.6) is 5.75 Å². The summed E-state index contributed by atoms with van der Waals surface area (Å²) in [5.74, 6) is 0.184. The highest BCUT2D eigenvalue weighted by molar-refractivity contribution is 6.34. The molecule has 1 atom stereocenters. The minimum atomic E-state index is -0.221. The molecule has 120 valence electrons. The Balaban J connectivity index is 0.00000176. The first-order valence-corrected chi connectivity index (χ1v) is 7.32. The van der Waals surface area contributed by atoms with Gasteiger partial charge in [0.25, 0.3) is 5.91 Å². The van der Waals surface area contributed by atoms with Crippen LogP contribution >= 0.6 is 24.0 Å². The quantitative estimate of drug-likeness (QED) is 0.767. The molecule has 2 heterocycles. The van der Waals surface area contributed by atoms with Gasteiger partial charge in [0.15, 0.2) is 6.61 Å². The smallest absolute Gasteiger partial charge is 0.262 e. The van der Waals surface area contributed by atoms with Crippen molar-refractivity contribution in [1.29, 1.82) is 0 Å². The summed E-state index contributed by atoms with van der Waals surface area (Å²) in [6.45, 7) is 0.817. The van der Waals surface area contributed by atoms with E-state index in [4.69, 9.17) is 16.3 Å². The third-order valence-electron chi connectivity index (χ3n) is 3.59. The third kappa shape index (κ3) is 3.63. The van der Waals surface area contributed by atoms with E-state index >= 15 is 0 Å². The maximum atomic E-state index is 12.2. The first-order chi connectivity index (χ1) is 10.1. The van der Waals surface area contributed by atoms with Crippen molar-refractivity contribution >= 4 is 47.2 Å². The monoisotopic (exact) mass is 345 g/mol. The molecule has 0 aliphatic carbocycles. The second-order valence-electron chi connectivity index (χ2n) is 5.16. The fourth-order valence-electron chi connectivity index (χ4n) is 2.49. The summed E-state index contributed by atoms with van der Waals surface area (Å²) in [6.07, 6.45) is 2.95. The zero-order valence-electron chi connectivity index (χ0n) is 11.8. The van der Waals surface area contributed by atoms with Crippen LogP contribution in [0.2, 0.25) is 5.02 Å². The lowest BCUT2D eigenvalue weighted by Gasteiger charge is -2.24. The topological polar surface area (TPSA) is 79.5 Å². The second kappa shape index (κ2) is 7.17. The van der Waals surface area contributed by atoms with Gasteiger partial charge in [-0.1, -0.05) is 18.0 Å². The number of benzene rings is 1. The summed E-state index contributed by atoms with van der Waals surface area (Å²) >= 11 is 6.15. The van der Waals surface area contributed by atoms with Crippen LogP contribution in [0.3, 0.4) is 0 Å². The highest BCUT2D eigenvalue weighted by atomic mass is 35.5. The van der Waals surface area contributed by atoms with Crippen LogP contribution < -0.4 is 20.7 Å². The molecule has 0 bridgehead atoms. The molecule has 3 N–H and O–H groups in total. The molecule has 22 heavy (non-hydrogen) atoms. The number of hydrogen-bond acceptors (Lipinski definition) is 4. The fraction of sp³-hybridized carbons (Fsp3) is 0.429. The maximum Gasteiger partial charge on any atom is 0.262 e. The van der Waals surface area contributed by atoms with Crippen molar-refractivity contribution in [2.75, 3.05) is 23.8 Å². The molecule has 0 unspecified atom stereocenters. The average Bonchev–Trinajstić information content (AvgIpc) is 2.49. The molecule has 1 fully saturated rings. The van der Waals surface area contributed by atoms with Gasteiger partial charge in [-0.2, -0.15) is 0 Å². The predicted octanol–water partition coefficient (Wildman–Crippen LogP) is 2.17. The van der Waals surface area contributed by atoms with E-state index in [9.17, 15) is 9.59 Å². The SMILES string of the molecule is Cl.O=C1COc2cc(NC(=O)[C@H]3CCCCN3)c(Cl)cc2N1. The van der Waals surface area contributed by atoms with Gasteiger partial charge in [-0.15, -0.1) is 12.4 Å². The fourth-order valence-corrected chi connectivity index (χ4v) is 2.70. The molecular formula is C14H17Cl2N3O3. The predicted molar refractivity (Wildman–Crippen MR) is 87.1 cm³/mol. The van der Waals surface area contributed by atoms with E-state index in [-0.39, 0.29) is 36.9 Å². The molecule has 0 aromatic heterocycles. The number of piperidine rings is 1. The third-order valence-corrected chi connectivity index (χ3v) is 3.90. The number of halogens is 2. The zero-order valence-corrected chi connectivity index (χ0v) is 13.4. The number of carbonyl (C=O) groups excluding carboxylic acids is 2. The number of hydrogen-bond donors (Lipinski definition) is 3. The van der Waals surface area contributed by atoms with Crippen LogP contribution in [0.15, 0.2) is 12.1 Å². The highest BCUT2D eigenvalue weighted by Gasteiger charge is 2.23. The van der Waals surface area contributed by atoms with Gasteiger partial charge in [0.1, 0.15) is 5.75 Å². The van der Waals surface area contributed by atoms with Crippen molar-refractivity contribution in [3.63, 3.8) is 0 Å². The molecule has 2 amide bonds. The minimum absolute atomic E-state index is 0. The van der Waals surface area contributed by atoms with Crippen LogP contribution in [0, 0.1) is 0 Å². The van der Waals surface area contributed by atoms with Crippen molar-refractivity contribution in [3.8, 4) is 5.75 Å². The Bertz CT molecular complexity index is 589. The molecule has 2 aliphatic heterocycles. The van der Waals surface area contributed by atoms with Crippen LogP contribution in [-0.4, -0.2) is 31.0 Å². The van der Waals surface area contributed by atoms with E-state index in [2.05, 4.69) is 16.0 Å². The normalized spacial score (nSPS) is 20.0. The molecule has 2 aliphatic rings. The maximum absolute atomic E-state index is 12.2. The van der Waals surface area contributed by atoms with E-state index in [1.807, 2.05) is 0 Å². The van der Waals surface area contributed by atoms with Gasteiger partial charge in [-0.25, -0.2) is 0 Å². The number of carbonyl (C=O) groups is 2. The van der Waals surface area contributed by atoms with E-state index < -0.39 is 0 Å². The molecule has 0 radical (unpaired) electrons. The summed E-state index contributed by atoms with van der Waals surface area (Å²) in [7, 11) is 0. The number of rotatable bonds is 2. The Labute approximate surface area is 139 Å². The van der Waals surface area contributed by atoms with Crippen LogP contribution in [0.25, 0.3) is 0 Å². The molecule has 3 rings (SSSR count). The van der Waals surface area contributed by atoms with Gasteiger partial charge in [-0.3, -0.25) is 9.59 Å². The second-order valence-corrected chi connectivity index (χ2v) is 5.56. The standard InChI is InChI=1S/C14H16ClN3O3.ClH/c15-8-5-11-12(21-7-13(19)17-11)6-10(8)18-14(20)9-3-1-2-4-16-9;/h5-6,9,16H,1-4,7H2,(H,17,19)(H,18,20);1H/t9-;/m1./s1. The van der Waals surface area contributed by atoms with Gasteiger partial charge < -0.3 is 20.7 Å². The van der Waals surface area contributed by atoms with Gasteiger partial charge in [-0.05, 0) is 25.5 Å². The number of nitrogens with one attached hydrogen (secondary N) is 3. The minimum Gasteiger partial charge on any atom is -0.482 e. The van der Waals surface area contributed by atoms with E-state index in [0.717, 1.165) is 25.8 Å². The molecule has 8 heteroatoms. The summed E-state index contributed by atoms with van der Waals surface area (Å²) < 4.78 is 5.32. The number of amides is 2. The Morgan fingerprint density at radius 1 is 1.36 bits per heavy atom. The first-order valence-electron chi connectivity index (χ1n) is 6.94. The van der Waals surface area contributed by atoms with Crippen molar-refractivity contribution in [2.24, 2.45) is 0 Å². The lowest BCUT2D eigenvalue weighted by Crippen LogP contribution is -2.43. The summed E-state index contributed by atoms with van der Waals surface area (Å²) in [5, 5.41) is 9.03.